The van der Waals surface area contributed by atoms with Crippen molar-refractivity contribution in [3.8, 4) is 5.75 Å². The number of benzene rings is 1. The van der Waals surface area contributed by atoms with Crippen molar-refractivity contribution in [2.45, 2.75) is 33.3 Å². The Morgan fingerprint density at radius 3 is 2.65 bits per heavy atom. The quantitative estimate of drug-likeness (QED) is 0.742. The Balaban J connectivity index is 2.52. The second-order valence-electron chi connectivity index (χ2n) is 4.18. The monoisotopic (exact) mass is 238 g/mol. The molecule has 0 unspecified atom stereocenters. The Kier molecular flexibility index (Phi) is 6.01. The van der Waals surface area contributed by atoms with Crippen LogP contribution in [0.1, 0.15) is 37.5 Å². The van der Waals surface area contributed by atoms with Crippen LogP contribution in [0, 0.1) is 6.92 Å². The molecule has 0 heterocycles. The van der Waals surface area contributed by atoms with Gasteiger partial charge >= 0.3 is 0 Å². The van der Waals surface area contributed by atoms with Crippen LogP contribution in [-0.2, 0) is 4.74 Å². The summed E-state index contributed by atoms with van der Waals surface area (Å²) in [6.45, 7) is 7.69. The van der Waals surface area contributed by atoms with Crippen LogP contribution < -0.4 is 4.74 Å². The molecule has 0 aromatic heterocycles. The first kappa shape index (κ1) is 14.0. The summed E-state index contributed by atoms with van der Waals surface area (Å²) >= 11 is 0. The fraction of sp³-hybridized carbons (Fsp3) is 0.571. The molecule has 0 amide bonds. The van der Waals surface area contributed by atoms with Gasteiger partial charge in [-0.15, -0.1) is 0 Å². The van der Waals surface area contributed by atoms with Gasteiger partial charge in [0, 0.05) is 12.2 Å². The zero-order valence-corrected chi connectivity index (χ0v) is 10.9. The molecular weight excluding hydrogens is 216 g/mol. The number of aliphatic hydroxyl groups excluding tert-OH is 1. The lowest BCUT2D eigenvalue weighted by molar-refractivity contribution is 0.0986. The molecule has 0 saturated carbocycles. The molecule has 0 aliphatic heterocycles. The van der Waals surface area contributed by atoms with Gasteiger partial charge in [-0.1, -0.05) is 18.6 Å². The zero-order valence-electron chi connectivity index (χ0n) is 10.9. The maximum atomic E-state index is 9.66. The summed E-state index contributed by atoms with van der Waals surface area (Å²) in [6.07, 6.45) is 0.505. The minimum Gasteiger partial charge on any atom is -0.491 e. The van der Waals surface area contributed by atoms with E-state index >= 15 is 0 Å². The Bertz CT molecular complexity index is 334. The lowest BCUT2D eigenvalue weighted by atomic mass is 10.1. The van der Waals surface area contributed by atoms with E-state index in [0.29, 0.717) is 13.2 Å². The highest BCUT2D eigenvalue weighted by Gasteiger charge is 2.09. The minimum absolute atomic E-state index is 0.513. The zero-order chi connectivity index (χ0) is 12.7. The average molecular weight is 238 g/mol. The maximum Gasteiger partial charge on any atom is 0.125 e. The van der Waals surface area contributed by atoms with Crippen molar-refractivity contribution >= 4 is 0 Å². The average Bonchev–Trinajstić information content (AvgIpc) is 2.30. The van der Waals surface area contributed by atoms with E-state index in [1.54, 1.807) is 6.92 Å². The molecular formula is C14H22O3. The van der Waals surface area contributed by atoms with Gasteiger partial charge in [-0.2, -0.15) is 0 Å². The number of hydrogen-bond acceptors (Lipinski definition) is 3. The number of aliphatic hydroxyl groups is 1. The molecule has 0 saturated heterocycles. The van der Waals surface area contributed by atoms with Crippen LogP contribution in [0.15, 0.2) is 18.2 Å². The molecule has 0 bridgehead atoms. The van der Waals surface area contributed by atoms with Gasteiger partial charge in [0.1, 0.15) is 12.4 Å². The van der Waals surface area contributed by atoms with Crippen LogP contribution >= 0.6 is 0 Å². The predicted molar refractivity (Wildman–Crippen MR) is 68.4 cm³/mol. The van der Waals surface area contributed by atoms with Crippen molar-refractivity contribution in [1.82, 2.24) is 0 Å². The van der Waals surface area contributed by atoms with Gasteiger partial charge in [0.25, 0.3) is 0 Å². The molecule has 0 aliphatic rings. The van der Waals surface area contributed by atoms with Crippen LogP contribution in [-0.4, -0.2) is 24.9 Å². The van der Waals surface area contributed by atoms with Crippen molar-refractivity contribution in [3.05, 3.63) is 29.3 Å². The molecule has 1 rings (SSSR count). The summed E-state index contributed by atoms with van der Waals surface area (Å²) in [5.41, 5.74) is 1.95. The fourth-order valence-electron chi connectivity index (χ4n) is 1.58. The van der Waals surface area contributed by atoms with E-state index in [2.05, 4.69) is 6.92 Å². The smallest absolute Gasteiger partial charge is 0.125 e. The first-order valence-corrected chi connectivity index (χ1v) is 6.14. The van der Waals surface area contributed by atoms with Crippen LogP contribution in [0.5, 0.6) is 5.75 Å². The maximum absolute atomic E-state index is 9.66. The molecule has 1 N–H and O–H groups in total. The van der Waals surface area contributed by atoms with Gasteiger partial charge < -0.3 is 14.6 Å². The van der Waals surface area contributed by atoms with E-state index in [1.165, 1.54) is 0 Å². The van der Waals surface area contributed by atoms with E-state index < -0.39 is 6.10 Å². The molecule has 1 atom stereocenters. The van der Waals surface area contributed by atoms with Crippen molar-refractivity contribution in [3.63, 3.8) is 0 Å². The minimum atomic E-state index is -0.513. The van der Waals surface area contributed by atoms with Crippen molar-refractivity contribution in [2.75, 3.05) is 19.8 Å². The van der Waals surface area contributed by atoms with E-state index in [9.17, 15) is 5.11 Å². The van der Waals surface area contributed by atoms with Crippen LogP contribution in [0.3, 0.4) is 0 Å². The summed E-state index contributed by atoms with van der Waals surface area (Å²) in [7, 11) is 0. The summed E-state index contributed by atoms with van der Waals surface area (Å²) in [4.78, 5) is 0. The Morgan fingerprint density at radius 1 is 1.24 bits per heavy atom. The highest BCUT2D eigenvalue weighted by Crippen LogP contribution is 2.26. The Morgan fingerprint density at radius 2 is 2.00 bits per heavy atom. The normalized spacial score (nSPS) is 12.5. The molecule has 1 aromatic rings. The molecule has 1 aromatic carbocycles. The number of rotatable bonds is 7. The second kappa shape index (κ2) is 7.30. The topological polar surface area (TPSA) is 38.7 Å². The standard InChI is InChI=1S/C14H22O3/c1-4-7-16-8-9-17-14-6-5-11(2)10-13(14)12(3)15/h5-6,10,12,15H,4,7-9H2,1-3H3/t12-/m1/s1. The lowest BCUT2D eigenvalue weighted by Gasteiger charge is -2.14. The first-order chi connectivity index (χ1) is 8.15. The second-order valence-corrected chi connectivity index (χ2v) is 4.18. The molecule has 0 aliphatic carbocycles. The Labute approximate surface area is 103 Å². The third-order valence-corrected chi connectivity index (χ3v) is 2.45. The van der Waals surface area contributed by atoms with Gasteiger partial charge in [-0.05, 0) is 32.4 Å². The Hall–Kier alpha value is -1.06. The first-order valence-electron chi connectivity index (χ1n) is 6.14. The number of ether oxygens (including phenoxy) is 2. The van der Waals surface area contributed by atoms with Crippen molar-refractivity contribution in [2.24, 2.45) is 0 Å². The van der Waals surface area contributed by atoms with Crippen molar-refractivity contribution in [1.29, 1.82) is 0 Å². The van der Waals surface area contributed by atoms with E-state index in [-0.39, 0.29) is 0 Å². The van der Waals surface area contributed by atoms with Crippen LogP contribution in [0.25, 0.3) is 0 Å². The molecule has 0 spiro atoms. The number of hydrogen-bond donors (Lipinski definition) is 1. The molecule has 96 valence electrons. The highest BCUT2D eigenvalue weighted by atomic mass is 16.5. The third kappa shape index (κ3) is 4.75. The largest absolute Gasteiger partial charge is 0.491 e. The summed E-state index contributed by atoms with van der Waals surface area (Å²) in [5, 5.41) is 9.66. The highest BCUT2D eigenvalue weighted by molar-refractivity contribution is 5.38. The van der Waals surface area contributed by atoms with Gasteiger partial charge in [0.05, 0.1) is 12.7 Å². The fourth-order valence-corrected chi connectivity index (χ4v) is 1.58. The van der Waals surface area contributed by atoms with E-state index in [0.717, 1.165) is 29.9 Å². The molecule has 3 nitrogen and oxygen atoms in total. The summed E-state index contributed by atoms with van der Waals surface area (Å²) in [5.74, 6) is 0.741. The molecule has 0 fully saturated rings. The van der Waals surface area contributed by atoms with Gasteiger partial charge in [-0.3, -0.25) is 0 Å². The van der Waals surface area contributed by atoms with Gasteiger partial charge in [-0.25, -0.2) is 0 Å². The predicted octanol–water partition coefficient (Wildman–Crippen LogP) is 2.85. The van der Waals surface area contributed by atoms with Crippen LogP contribution in [0.2, 0.25) is 0 Å². The van der Waals surface area contributed by atoms with Crippen molar-refractivity contribution < 1.29 is 14.6 Å². The molecule has 17 heavy (non-hydrogen) atoms. The summed E-state index contributed by atoms with van der Waals surface area (Å²) in [6, 6.07) is 5.83. The third-order valence-electron chi connectivity index (χ3n) is 2.45. The molecule has 0 radical (unpaired) electrons. The number of aryl methyl sites for hydroxylation is 1. The van der Waals surface area contributed by atoms with Crippen LogP contribution in [0.4, 0.5) is 0 Å². The lowest BCUT2D eigenvalue weighted by Crippen LogP contribution is -2.09. The van der Waals surface area contributed by atoms with Gasteiger partial charge in [0.15, 0.2) is 0 Å². The van der Waals surface area contributed by atoms with Gasteiger partial charge in [0.2, 0.25) is 0 Å². The summed E-state index contributed by atoms with van der Waals surface area (Å²) < 4.78 is 11.0. The SMILES string of the molecule is CCCOCCOc1ccc(C)cc1[C@@H](C)O. The van der Waals surface area contributed by atoms with E-state index in [1.807, 2.05) is 25.1 Å². The van der Waals surface area contributed by atoms with E-state index in [4.69, 9.17) is 9.47 Å². The molecule has 3 heteroatoms.